The van der Waals surface area contributed by atoms with E-state index in [-0.39, 0.29) is 88.0 Å². The number of likely N-dealkylation sites (N-methyl/N-ethyl adjacent to an activating group) is 1. The summed E-state index contributed by atoms with van der Waals surface area (Å²) in [6, 6.07) is 19.4. The molecule has 4 N–H and O–H groups in total. The molecule has 0 aliphatic carbocycles. The van der Waals surface area contributed by atoms with Gasteiger partial charge in [-0.05, 0) is 63.1 Å². The molecule has 0 bridgehead atoms. The molecule has 2 amide bonds. The van der Waals surface area contributed by atoms with Gasteiger partial charge in [-0.1, -0.05) is 35.5 Å². The highest BCUT2D eigenvalue weighted by Crippen LogP contribution is 2.53. The number of H-pyrrole nitrogens is 1. The molecule has 1 aliphatic heterocycles. The number of benzene rings is 3. The Balaban J connectivity index is 1.04. The van der Waals surface area contributed by atoms with Crippen LogP contribution in [0.2, 0.25) is 0 Å². The van der Waals surface area contributed by atoms with E-state index in [1.54, 1.807) is 30.3 Å². The average Bonchev–Trinajstić information content (AvgIpc) is 3.80. The number of phosphoric ester groups is 1. The monoisotopic (exact) mass is 1060 g/mol. The van der Waals surface area contributed by atoms with E-state index in [1.165, 1.54) is 31.5 Å². The van der Waals surface area contributed by atoms with Gasteiger partial charge in [0.1, 0.15) is 25.0 Å². The highest BCUT2D eigenvalue weighted by molar-refractivity contribution is 7.48. The maximum absolute atomic E-state index is 13.7. The number of rotatable bonds is 32. The molecule has 4 unspecified atom stereocenters. The Labute approximate surface area is 432 Å². The van der Waals surface area contributed by atoms with Crippen molar-refractivity contribution in [1.29, 1.82) is 6.69 Å². The lowest BCUT2D eigenvalue weighted by Gasteiger charge is -2.23. The standard InChI is InChI=1S/C49H61N10O15P/c1-4-57(37-18-16-36(17-19-37)54-55-40-20-21-41(59(66)67)39-14-6-5-13-38(39)40)26-30-70-56-34(2)11-7-15-45(62)52-25-8-12-35-32-58(49(65)53-48(35)64)46-31-42(43(33-60)73-46)74-75(68,71-28-9-24-50)72-29-10-27-69-47(63)23-22-44(61)51-3/h5-6,8,12-14,16-21,32,42-43,46,60H,4,7,9-11,15,22-23,25-31,33H2,1-3H3,(H,51,61)(H,52,62)(H,53,64,65)/b12-8+,55-54?,56-34+/i60D. The Hall–Kier alpha value is -7.46. The molecule has 402 valence electrons. The van der Waals surface area contributed by atoms with Crippen LogP contribution < -0.4 is 26.8 Å². The van der Waals surface area contributed by atoms with Crippen LogP contribution in [0.5, 0.6) is 0 Å². The van der Waals surface area contributed by atoms with Gasteiger partial charge in [0.15, 0.2) is 0 Å². The van der Waals surface area contributed by atoms with Crippen molar-refractivity contribution in [2.45, 2.75) is 83.6 Å². The number of fused-ring (bicyclic) bond motifs is 1. The SMILES string of the molecule is [2H]OCC1OC(n2cc(/C=C/CNC(=O)CCC/C(C)=N/OCCN(CC)c3ccc(N=Nc4ccc([N+](=O)[O-])c5ccccc45)cc3)c(=O)[nH]c2=O)CC1OP(=O)(OCCC#N)OCCCOC(=O)CCC(=O)NC. The number of nitro benzene ring substituents is 1. The number of anilines is 1. The lowest BCUT2D eigenvalue weighted by molar-refractivity contribution is -0.383. The third-order valence-electron chi connectivity index (χ3n) is 11.3. The van der Waals surface area contributed by atoms with Gasteiger partial charge in [0, 0.05) is 69.2 Å². The number of non-ortho nitro benzene ring substituents is 1. The van der Waals surface area contributed by atoms with Crippen molar-refractivity contribution in [3.8, 4) is 6.07 Å². The summed E-state index contributed by atoms with van der Waals surface area (Å²) in [5.41, 5.74) is 1.27. The second kappa shape index (κ2) is 30.0. The minimum atomic E-state index is -4.43. The number of phosphoric acid groups is 1. The Morgan fingerprint density at radius 1 is 1.03 bits per heavy atom. The Bertz CT molecular complexity index is 2910. The number of esters is 1. The van der Waals surface area contributed by atoms with Gasteiger partial charge in [0.25, 0.3) is 11.2 Å². The molecule has 1 aliphatic rings. The van der Waals surface area contributed by atoms with Crippen molar-refractivity contribution in [3.63, 3.8) is 0 Å². The highest BCUT2D eigenvalue weighted by atomic mass is 31.2. The maximum atomic E-state index is 13.7. The molecule has 0 saturated carbocycles. The third kappa shape index (κ3) is 18.5. The second-order valence-electron chi connectivity index (χ2n) is 16.6. The van der Waals surface area contributed by atoms with Crippen molar-refractivity contribution >= 4 is 70.9 Å². The summed E-state index contributed by atoms with van der Waals surface area (Å²) in [5.74, 6) is -1.19. The first-order valence-electron chi connectivity index (χ1n) is 24.5. The quantitative estimate of drug-likeness (QED) is 0.00780. The minimum Gasteiger partial charge on any atom is -0.466 e. The molecular formula is C49H61N10O15P. The van der Waals surface area contributed by atoms with Gasteiger partial charge in [-0.3, -0.25) is 52.4 Å². The zero-order chi connectivity index (χ0) is 54.9. The average molecular weight is 1060 g/mol. The predicted molar refractivity (Wildman–Crippen MR) is 274 cm³/mol. The molecule has 1 aromatic heterocycles. The molecule has 4 aromatic rings. The molecule has 26 heteroatoms. The number of nitro groups is 1. The van der Waals surface area contributed by atoms with Gasteiger partial charge in [0.2, 0.25) is 13.2 Å². The fourth-order valence-electron chi connectivity index (χ4n) is 7.40. The van der Waals surface area contributed by atoms with Crippen molar-refractivity contribution in [2.24, 2.45) is 15.4 Å². The number of nitrogens with zero attached hydrogens (tertiary/aromatic N) is 7. The summed E-state index contributed by atoms with van der Waals surface area (Å²) in [6.45, 7) is 4.34. The van der Waals surface area contributed by atoms with E-state index >= 15 is 0 Å². The first-order valence-corrected chi connectivity index (χ1v) is 25.5. The molecule has 1 saturated heterocycles. The molecule has 0 radical (unpaired) electrons. The van der Waals surface area contributed by atoms with Gasteiger partial charge < -0.3 is 35.0 Å². The van der Waals surface area contributed by atoms with E-state index in [9.17, 15) is 38.7 Å². The van der Waals surface area contributed by atoms with E-state index in [0.717, 1.165) is 10.3 Å². The summed E-state index contributed by atoms with van der Waals surface area (Å²) < 4.78 is 49.7. The Kier molecular flexibility index (Phi) is 22.8. The van der Waals surface area contributed by atoms with Crippen molar-refractivity contribution < 1.29 is 56.9 Å². The van der Waals surface area contributed by atoms with Crippen LogP contribution in [0.25, 0.3) is 16.8 Å². The first kappa shape index (κ1) is 56.8. The van der Waals surface area contributed by atoms with Crippen LogP contribution in [0.4, 0.5) is 22.7 Å². The zero-order valence-electron chi connectivity index (χ0n) is 42.8. The van der Waals surface area contributed by atoms with Crippen LogP contribution in [-0.2, 0) is 46.8 Å². The fraction of sp³-hybridized carbons (Fsp3) is 0.449. The Morgan fingerprint density at radius 3 is 2.53 bits per heavy atom. The van der Waals surface area contributed by atoms with Crippen LogP contribution in [-0.4, -0.2) is 116 Å². The molecule has 2 heterocycles. The summed E-state index contributed by atoms with van der Waals surface area (Å²) in [5, 5.41) is 44.2. The van der Waals surface area contributed by atoms with Crippen LogP contribution in [0.3, 0.4) is 0 Å². The summed E-state index contributed by atoms with van der Waals surface area (Å²) in [6.07, 6.45) is 1.64. The van der Waals surface area contributed by atoms with Gasteiger partial charge in [-0.15, -0.1) is 5.11 Å². The number of azo groups is 1. The number of aromatic amines is 1. The van der Waals surface area contributed by atoms with Crippen molar-refractivity contribution in [1.82, 2.24) is 20.2 Å². The Morgan fingerprint density at radius 2 is 1.80 bits per heavy atom. The molecule has 25 nitrogen and oxygen atoms in total. The number of hydrogen-bond donors (Lipinski definition) is 4. The van der Waals surface area contributed by atoms with E-state index in [1.807, 2.05) is 44.2 Å². The van der Waals surface area contributed by atoms with Crippen molar-refractivity contribution in [3.05, 3.63) is 109 Å². The number of aromatic nitrogens is 2. The number of nitriles is 1. The number of nitrogens with one attached hydrogen (secondary N) is 3. The molecule has 4 atom stereocenters. The third-order valence-corrected chi connectivity index (χ3v) is 12.8. The second-order valence-corrected chi connectivity index (χ2v) is 18.2. The van der Waals surface area contributed by atoms with Gasteiger partial charge in [0.05, 0.1) is 84.8 Å². The van der Waals surface area contributed by atoms with E-state index in [4.69, 9.17) is 34.6 Å². The highest BCUT2D eigenvalue weighted by Gasteiger charge is 2.43. The smallest absolute Gasteiger partial charge is 0.466 e. The normalized spacial score (nSPS) is 16.6. The molecular weight excluding hydrogens is 1000 g/mol. The lowest BCUT2D eigenvalue weighted by atomic mass is 10.1. The summed E-state index contributed by atoms with van der Waals surface area (Å²) in [7, 11) is -2.99. The molecule has 0 spiro atoms. The topological polar surface area (TPSA) is 330 Å². The van der Waals surface area contributed by atoms with Gasteiger partial charge in [-0.25, -0.2) is 9.36 Å². The number of ether oxygens (including phenoxy) is 2. The van der Waals surface area contributed by atoms with Crippen LogP contribution in [0, 0.1) is 21.4 Å². The summed E-state index contributed by atoms with van der Waals surface area (Å²) >= 11 is 0. The molecule has 5 rings (SSSR count). The zero-order valence-corrected chi connectivity index (χ0v) is 42.6. The number of oxime groups is 1. The molecule has 1 fully saturated rings. The van der Waals surface area contributed by atoms with E-state index in [0.29, 0.717) is 60.4 Å². The van der Waals surface area contributed by atoms with Crippen molar-refractivity contribution in [2.75, 3.05) is 64.6 Å². The fourth-order valence-corrected chi connectivity index (χ4v) is 8.81. The predicted octanol–water partition coefficient (Wildman–Crippen LogP) is 6.41. The molecule has 3 aromatic carbocycles. The van der Waals surface area contributed by atoms with Gasteiger partial charge in [-0.2, -0.15) is 10.4 Å². The van der Waals surface area contributed by atoms with Gasteiger partial charge >= 0.3 is 19.5 Å². The van der Waals surface area contributed by atoms with Crippen LogP contribution >= 0.6 is 7.82 Å². The summed E-state index contributed by atoms with van der Waals surface area (Å²) in [4.78, 5) is 82.6. The van der Waals surface area contributed by atoms with Crippen LogP contribution in [0.1, 0.15) is 77.0 Å². The number of amides is 2. The number of carbonyl (C=O) groups excluding carboxylic acids is 3. The number of aliphatic hydroxyl groups excluding tert-OH is 1. The lowest BCUT2D eigenvalue weighted by Crippen LogP contribution is -2.33. The number of carbonyl (C=O) groups is 3. The maximum Gasteiger partial charge on any atom is 0.475 e. The molecule has 75 heavy (non-hydrogen) atoms. The minimum absolute atomic E-state index is 0.00357. The number of hydrogen-bond acceptors (Lipinski definition) is 20. The number of aliphatic hydroxyl groups is 1. The van der Waals surface area contributed by atoms with E-state index in [2.05, 4.69) is 41.0 Å². The first-order chi connectivity index (χ1) is 36.7. The largest absolute Gasteiger partial charge is 0.475 e. The van der Waals surface area contributed by atoms with E-state index < -0.39 is 55.0 Å². The van der Waals surface area contributed by atoms with Crippen LogP contribution in [0.15, 0.2) is 97.9 Å².